The van der Waals surface area contributed by atoms with Crippen LogP contribution in [-0.4, -0.2) is 33.4 Å². The molecular formula is C16H24N2O4. The van der Waals surface area contributed by atoms with Crippen molar-refractivity contribution in [3.8, 4) is 17.2 Å². The molecule has 1 aromatic carbocycles. The molecule has 2 unspecified atom stereocenters. The van der Waals surface area contributed by atoms with E-state index in [-0.39, 0.29) is 12.1 Å². The summed E-state index contributed by atoms with van der Waals surface area (Å²) in [4.78, 5) is 12.1. The van der Waals surface area contributed by atoms with Gasteiger partial charge in [0.1, 0.15) is 0 Å². The maximum atomic E-state index is 12.1. The minimum atomic E-state index is -0.215. The van der Waals surface area contributed by atoms with Crippen molar-refractivity contribution >= 4 is 11.7 Å². The van der Waals surface area contributed by atoms with E-state index in [1.54, 1.807) is 33.5 Å². The van der Waals surface area contributed by atoms with Gasteiger partial charge in [0.15, 0.2) is 11.5 Å². The first kappa shape index (κ1) is 16.3. The van der Waals surface area contributed by atoms with Crippen LogP contribution < -0.4 is 24.8 Å². The first-order chi connectivity index (χ1) is 10.6. The van der Waals surface area contributed by atoms with Crippen molar-refractivity contribution in [3.63, 3.8) is 0 Å². The maximum absolute atomic E-state index is 12.1. The summed E-state index contributed by atoms with van der Waals surface area (Å²) in [6.07, 6.45) is 3.36. The van der Waals surface area contributed by atoms with Gasteiger partial charge in [0.2, 0.25) is 5.75 Å². The number of hydrogen-bond donors (Lipinski definition) is 2. The van der Waals surface area contributed by atoms with Crippen molar-refractivity contribution in [2.24, 2.45) is 5.92 Å². The van der Waals surface area contributed by atoms with E-state index in [4.69, 9.17) is 14.2 Å². The molecule has 1 fully saturated rings. The van der Waals surface area contributed by atoms with Gasteiger partial charge >= 0.3 is 6.03 Å². The van der Waals surface area contributed by atoms with E-state index in [2.05, 4.69) is 17.6 Å². The topological polar surface area (TPSA) is 68.8 Å². The van der Waals surface area contributed by atoms with Gasteiger partial charge in [-0.3, -0.25) is 0 Å². The minimum absolute atomic E-state index is 0.215. The Morgan fingerprint density at radius 2 is 1.73 bits per heavy atom. The molecule has 1 saturated carbocycles. The first-order valence-corrected chi connectivity index (χ1v) is 7.46. The fourth-order valence-electron chi connectivity index (χ4n) is 2.85. The van der Waals surface area contributed by atoms with Crippen LogP contribution in [0.1, 0.15) is 26.2 Å². The van der Waals surface area contributed by atoms with Gasteiger partial charge in [-0.05, 0) is 18.8 Å². The lowest BCUT2D eigenvalue weighted by molar-refractivity contribution is 0.246. The highest BCUT2D eigenvalue weighted by Gasteiger charge is 2.25. The summed E-state index contributed by atoms with van der Waals surface area (Å²) in [5.74, 6) is 2.03. The fraction of sp³-hybridized carbons (Fsp3) is 0.562. The van der Waals surface area contributed by atoms with Crippen molar-refractivity contribution in [3.05, 3.63) is 12.1 Å². The van der Waals surface area contributed by atoms with E-state index in [0.29, 0.717) is 28.9 Å². The van der Waals surface area contributed by atoms with Gasteiger partial charge in [-0.2, -0.15) is 0 Å². The van der Waals surface area contributed by atoms with Gasteiger partial charge < -0.3 is 24.8 Å². The van der Waals surface area contributed by atoms with Crippen LogP contribution in [-0.2, 0) is 0 Å². The lowest BCUT2D eigenvalue weighted by atomic mass is 10.1. The highest BCUT2D eigenvalue weighted by molar-refractivity contribution is 5.90. The Morgan fingerprint density at radius 3 is 2.18 bits per heavy atom. The number of anilines is 1. The summed E-state index contributed by atoms with van der Waals surface area (Å²) in [7, 11) is 4.63. The molecule has 22 heavy (non-hydrogen) atoms. The Morgan fingerprint density at radius 1 is 1.09 bits per heavy atom. The van der Waals surface area contributed by atoms with E-state index < -0.39 is 0 Å². The summed E-state index contributed by atoms with van der Waals surface area (Å²) in [6, 6.07) is 3.44. The predicted molar refractivity (Wildman–Crippen MR) is 85.1 cm³/mol. The van der Waals surface area contributed by atoms with Crippen LogP contribution in [0.5, 0.6) is 17.2 Å². The number of amides is 2. The van der Waals surface area contributed by atoms with Crippen LogP contribution in [0.3, 0.4) is 0 Å². The normalized spacial score (nSPS) is 20.4. The predicted octanol–water partition coefficient (Wildman–Crippen LogP) is 3.02. The summed E-state index contributed by atoms with van der Waals surface area (Å²) >= 11 is 0. The van der Waals surface area contributed by atoms with Crippen LogP contribution >= 0.6 is 0 Å². The average Bonchev–Trinajstić information content (AvgIpc) is 2.91. The number of carbonyl (C=O) groups excluding carboxylic acids is 1. The summed E-state index contributed by atoms with van der Waals surface area (Å²) in [5, 5.41) is 5.84. The zero-order valence-corrected chi connectivity index (χ0v) is 13.6. The summed E-state index contributed by atoms with van der Waals surface area (Å²) in [6.45, 7) is 2.16. The molecule has 0 heterocycles. The molecule has 1 aliphatic carbocycles. The second kappa shape index (κ2) is 7.24. The van der Waals surface area contributed by atoms with E-state index in [9.17, 15) is 4.79 Å². The highest BCUT2D eigenvalue weighted by Crippen LogP contribution is 2.39. The smallest absolute Gasteiger partial charge is 0.319 e. The minimum Gasteiger partial charge on any atom is -0.493 e. The van der Waals surface area contributed by atoms with Crippen LogP contribution in [0.4, 0.5) is 10.5 Å². The summed E-state index contributed by atoms with van der Waals surface area (Å²) < 4.78 is 15.8. The van der Waals surface area contributed by atoms with Gasteiger partial charge in [0, 0.05) is 18.2 Å². The molecule has 0 aliphatic heterocycles. The zero-order valence-electron chi connectivity index (χ0n) is 13.6. The fourth-order valence-corrected chi connectivity index (χ4v) is 2.85. The first-order valence-electron chi connectivity index (χ1n) is 7.46. The number of hydrogen-bond acceptors (Lipinski definition) is 4. The Hall–Kier alpha value is -2.11. The number of urea groups is 1. The van der Waals surface area contributed by atoms with E-state index >= 15 is 0 Å². The quantitative estimate of drug-likeness (QED) is 0.877. The number of rotatable bonds is 5. The molecule has 0 saturated heterocycles. The van der Waals surface area contributed by atoms with Crippen molar-refractivity contribution in [2.75, 3.05) is 26.6 Å². The number of ether oxygens (including phenoxy) is 3. The molecule has 1 aromatic rings. The Kier molecular flexibility index (Phi) is 5.35. The SMILES string of the molecule is COc1cc(NC(=O)NC2CCCC2C)cc(OC)c1OC. The highest BCUT2D eigenvalue weighted by atomic mass is 16.5. The van der Waals surface area contributed by atoms with Gasteiger partial charge in [-0.15, -0.1) is 0 Å². The molecule has 2 N–H and O–H groups in total. The lowest BCUT2D eigenvalue weighted by Crippen LogP contribution is -2.39. The molecule has 6 heteroatoms. The number of benzene rings is 1. The van der Waals surface area contributed by atoms with Crippen molar-refractivity contribution < 1.29 is 19.0 Å². The molecule has 0 radical (unpaired) electrons. The van der Waals surface area contributed by atoms with Crippen LogP contribution in [0.25, 0.3) is 0 Å². The van der Waals surface area contributed by atoms with Gasteiger partial charge in [-0.1, -0.05) is 13.3 Å². The number of nitrogens with one attached hydrogen (secondary N) is 2. The third-order valence-electron chi connectivity index (χ3n) is 4.10. The molecule has 2 atom stereocenters. The van der Waals surface area contributed by atoms with Crippen molar-refractivity contribution in [2.45, 2.75) is 32.2 Å². The number of methoxy groups -OCH3 is 3. The molecule has 1 aliphatic rings. The third-order valence-corrected chi connectivity index (χ3v) is 4.10. The summed E-state index contributed by atoms with van der Waals surface area (Å²) in [5.41, 5.74) is 0.595. The molecule has 0 bridgehead atoms. The van der Waals surface area contributed by atoms with Crippen LogP contribution in [0.15, 0.2) is 12.1 Å². The van der Waals surface area contributed by atoms with Gasteiger partial charge in [0.05, 0.1) is 27.0 Å². The molecule has 122 valence electrons. The maximum Gasteiger partial charge on any atom is 0.319 e. The number of carbonyl (C=O) groups is 1. The third kappa shape index (κ3) is 3.55. The molecule has 6 nitrogen and oxygen atoms in total. The molecule has 2 rings (SSSR count). The zero-order chi connectivity index (χ0) is 16.1. The molecule has 2 amide bonds. The standard InChI is InChI=1S/C16H24N2O4/c1-10-6-5-7-12(10)18-16(19)17-11-8-13(20-2)15(22-4)14(9-11)21-3/h8-10,12H,5-7H2,1-4H3,(H2,17,18,19). The average molecular weight is 308 g/mol. The van der Waals surface area contributed by atoms with Gasteiger partial charge in [0.25, 0.3) is 0 Å². The van der Waals surface area contributed by atoms with Crippen molar-refractivity contribution in [1.29, 1.82) is 0 Å². The van der Waals surface area contributed by atoms with Crippen LogP contribution in [0.2, 0.25) is 0 Å². The monoisotopic (exact) mass is 308 g/mol. The second-order valence-corrected chi connectivity index (χ2v) is 5.53. The largest absolute Gasteiger partial charge is 0.493 e. The van der Waals surface area contributed by atoms with Crippen molar-refractivity contribution in [1.82, 2.24) is 5.32 Å². The van der Waals surface area contributed by atoms with Gasteiger partial charge in [-0.25, -0.2) is 4.79 Å². The Bertz CT molecular complexity index is 508. The van der Waals surface area contributed by atoms with Crippen LogP contribution in [0, 0.1) is 5.92 Å². The van der Waals surface area contributed by atoms with E-state index in [1.165, 1.54) is 0 Å². The Balaban J connectivity index is 2.10. The Labute approximate surface area is 131 Å². The molecule has 0 aromatic heterocycles. The second-order valence-electron chi connectivity index (χ2n) is 5.53. The molecular weight excluding hydrogens is 284 g/mol. The van der Waals surface area contributed by atoms with E-state index in [0.717, 1.165) is 19.3 Å². The van der Waals surface area contributed by atoms with E-state index in [1.807, 2.05) is 0 Å². The lowest BCUT2D eigenvalue weighted by Gasteiger charge is -2.19. The molecule has 0 spiro atoms.